The Bertz CT molecular complexity index is 743. The molecule has 0 amide bonds. The van der Waals surface area contributed by atoms with Crippen molar-refractivity contribution in [1.29, 1.82) is 0 Å². The van der Waals surface area contributed by atoms with E-state index in [1.807, 2.05) is 44.2 Å². The Labute approximate surface area is 140 Å². The third kappa shape index (κ3) is 4.74. The summed E-state index contributed by atoms with van der Waals surface area (Å²) in [6.45, 7) is 3.87. The van der Waals surface area contributed by atoms with E-state index in [1.165, 1.54) is 5.56 Å². The molecule has 0 radical (unpaired) electrons. The molecule has 118 valence electrons. The first-order valence-electron chi connectivity index (χ1n) is 7.03. The summed E-state index contributed by atoms with van der Waals surface area (Å²) >= 11 is 3.50. The second kappa shape index (κ2) is 7.15. The molecule has 0 heterocycles. The van der Waals surface area contributed by atoms with Gasteiger partial charge in [0.25, 0.3) is 0 Å². The summed E-state index contributed by atoms with van der Waals surface area (Å²) in [4.78, 5) is 0. The van der Waals surface area contributed by atoms with Crippen LogP contribution in [0.15, 0.2) is 46.9 Å². The van der Waals surface area contributed by atoms with Crippen molar-refractivity contribution in [2.75, 3.05) is 15.8 Å². The lowest BCUT2D eigenvalue weighted by Crippen LogP contribution is -2.15. The van der Waals surface area contributed by atoms with Crippen molar-refractivity contribution in [3.63, 3.8) is 0 Å². The van der Waals surface area contributed by atoms with E-state index in [1.54, 1.807) is 12.1 Å². The van der Waals surface area contributed by atoms with Crippen LogP contribution in [0.4, 0.5) is 17.1 Å². The minimum Gasteiger partial charge on any atom is -0.355 e. The Morgan fingerprint density at radius 2 is 1.59 bits per heavy atom. The number of hydrogen-bond acceptors (Lipinski definition) is 3. The van der Waals surface area contributed by atoms with Gasteiger partial charge in [-0.1, -0.05) is 28.9 Å². The maximum atomic E-state index is 11.7. The quantitative estimate of drug-likeness (QED) is 0.763. The first-order chi connectivity index (χ1) is 10.4. The molecule has 0 saturated heterocycles. The van der Waals surface area contributed by atoms with Crippen molar-refractivity contribution in [1.82, 2.24) is 0 Å². The molecule has 2 N–H and O–H groups in total. The summed E-state index contributed by atoms with van der Waals surface area (Å²) in [6, 6.07) is 13.2. The SMILES string of the molecule is CCCS(=O)(=O)Nc1ccc(Nc2ccc(C)c(Br)c2)cc1. The molecule has 0 unspecified atom stereocenters. The van der Waals surface area contributed by atoms with Crippen LogP contribution in [-0.2, 0) is 10.0 Å². The predicted molar refractivity (Wildman–Crippen MR) is 96.3 cm³/mol. The van der Waals surface area contributed by atoms with Gasteiger partial charge in [-0.2, -0.15) is 0 Å². The van der Waals surface area contributed by atoms with Gasteiger partial charge in [-0.15, -0.1) is 0 Å². The molecule has 0 aliphatic carbocycles. The van der Waals surface area contributed by atoms with E-state index < -0.39 is 10.0 Å². The summed E-state index contributed by atoms with van der Waals surface area (Å²) in [6.07, 6.45) is 0.595. The van der Waals surface area contributed by atoms with Crippen molar-refractivity contribution >= 4 is 43.0 Å². The van der Waals surface area contributed by atoms with E-state index in [0.29, 0.717) is 12.1 Å². The summed E-state index contributed by atoms with van der Waals surface area (Å²) in [5, 5.41) is 3.28. The number of aryl methyl sites for hydroxylation is 1. The Hall–Kier alpha value is -1.53. The summed E-state index contributed by atoms with van der Waals surface area (Å²) in [7, 11) is -3.24. The third-order valence-corrected chi connectivity index (χ3v) is 5.44. The average molecular weight is 383 g/mol. The molecular formula is C16H19BrN2O2S. The van der Waals surface area contributed by atoms with Crippen molar-refractivity contribution in [2.24, 2.45) is 0 Å². The van der Waals surface area contributed by atoms with Gasteiger partial charge in [-0.05, 0) is 55.3 Å². The monoisotopic (exact) mass is 382 g/mol. The van der Waals surface area contributed by atoms with Crippen LogP contribution in [0.25, 0.3) is 0 Å². The molecule has 0 bridgehead atoms. The standard InChI is InChI=1S/C16H19BrN2O2S/c1-3-10-22(20,21)19-14-8-6-13(7-9-14)18-15-5-4-12(2)16(17)11-15/h4-9,11,18-19H,3,10H2,1-2H3. The fourth-order valence-electron chi connectivity index (χ4n) is 1.96. The number of halogens is 1. The fourth-order valence-corrected chi connectivity index (χ4v) is 3.47. The molecule has 2 rings (SSSR count). The minimum atomic E-state index is -3.24. The molecule has 22 heavy (non-hydrogen) atoms. The Morgan fingerprint density at radius 1 is 1.00 bits per heavy atom. The van der Waals surface area contributed by atoms with Gasteiger partial charge in [0.05, 0.1) is 5.75 Å². The van der Waals surface area contributed by atoms with E-state index >= 15 is 0 Å². The number of rotatable bonds is 6. The van der Waals surface area contributed by atoms with Gasteiger partial charge in [0.15, 0.2) is 0 Å². The average Bonchev–Trinajstić information content (AvgIpc) is 2.44. The zero-order chi connectivity index (χ0) is 16.2. The lowest BCUT2D eigenvalue weighted by Gasteiger charge is -2.10. The smallest absolute Gasteiger partial charge is 0.232 e. The zero-order valence-electron chi connectivity index (χ0n) is 12.6. The molecule has 0 atom stereocenters. The van der Waals surface area contributed by atoms with Gasteiger partial charge in [0.2, 0.25) is 10.0 Å². The van der Waals surface area contributed by atoms with Crippen LogP contribution in [0.3, 0.4) is 0 Å². The maximum absolute atomic E-state index is 11.7. The highest BCUT2D eigenvalue weighted by molar-refractivity contribution is 9.10. The van der Waals surface area contributed by atoms with Crippen LogP contribution in [0, 0.1) is 6.92 Å². The van der Waals surface area contributed by atoms with Crippen LogP contribution in [0.2, 0.25) is 0 Å². The number of sulfonamides is 1. The second-order valence-corrected chi connectivity index (χ2v) is 7.78. The summed E-state index contributed by atoms with van der Waals surface area (Å²) in [5.41, 5.74) is 3.61. The molecule has 0 aliphatic rings. The molecule has 2 aromatic rings. The van der Waals surface area contributed by atoms with E-state index in [2.05, 4.69) is 26.0 Å². The molecule has 0 aliphatic heterocycles. The lowest BCUT2D eigenvalue weighted by atomic mass is 10.2. The summed E-state index contributed by atoms with van der Waals surface area (Å²) < 4.78 is 27.0. The van der Waals surface area contributed by atoms with Gasteiger partial charge < -0.3 is 5.32 Å². The molecule has 0 spiro atoms. The lowest BCUT2D eigenvalue weighted by molar-refractivity contribution is 0.600. The topological polar surface area (TPSA) is 58.2 Å². The zero-order valence-corrected chi connectivity index (χ0v) is 15.0. The van der Waals surface area contributed by atoms with Crippen molar-refractivity contribution < 1.29 is 8.42 Å². The van der Waals surface area contributed by atoms with Crippen LogP contribution in [-0.4, -0.2) is 14.2 Å². The number of hydrogen-bond donors (Lipinski definition) is 2. The number of anilines is 3. The van der Waals surface area contributed by atoms with Gasteiger partial charge in [-0.3, -0.25) is 4.72 Å². The second-order valence-electron chi connectivity index (χ2n) is 5.09. The highest BCUT2D eigenvalue weighted by atomic mass is 79.9. The van der Waals surface area contributed by atoms with Crippen molar-refractivity contribution in [3.05, 3.63) is 52.5 Å². The van der Waals surface area contributed by atoms with Crippen molar-refractivity contribution in [2.45, 2.75) is 20.3 Å². The Balaban J connectivity index is 2.07. The van der Waals surface area contributed by atoms with Gasteiger partial charge >= 0.3 is 0 Å². The van der Waals surface area contributed by atoms with Crippen LogP contribution >= 0.6 is 15.9 Å². The molecular weight excluding hydrogens is 364 g/mol. The Morgan fingerprint density at radius 3 is 2.18 bits per heavy atom. The molecule has 4 nitrogen and oxygen atoms in total. The first-order valence-corrected chi connectivity index (χ1v) is 9.48. The molecule has 0 fully saturated rings. The van der Waals surface area contributed by atoms with E-state index in [9.17, 15) is 8.42 Å². The highest BCUT2D eigenvalue weighted by Crippen LogP contribution is 2.24. The molecule has 6 heteroatoms. The van der Waals surface area contributed by atoms with E-state index in [-0.39, 0.29) is 5.75 Å². The van der Waals surface area contributed by atoms with Gasteiger partial charge in [0.1, 0.15) is 0 Å². The number of nitrogens with one attached hydrogen (secondary N) is 2. The fraction of sp³-hybridized carbons (Fsp3) is 0.250. The van der Waals surface area contributed by atoms with Gasteiger partial charge in [0, 0.05) is 21.5 Å². The molecule has 2 aromatic carbocycles. The Kier molecular flexibility index (Phi) is 5.47. The normalized spacial score (nSPS) is 11.2. The minimum absolute atomic E-state index is 0.129. The highest BCUT2D eigenvalue weighted by Gasteiger charge is 2.08. The predicted octanol–water partition coefficient (Wildman–Crippen LogP) is 4.65. The van der Waals surface area contributed by atoms with Crippen LogP contribution < -0.4 is 10.0 Å². The van der Waals surface area contributed by atoms with E-state index in [0.717, 1.165) is 15.8 Å². The van der Waals surface area contributed by atoms with Crippen LogP contribution in [0.1, 0.15) is 18.9 Å². The van der Waals surface area contributed by atoms with E-state index in [4.69, 9.17) is 0 Å². The third-order valence-electron chi connectivity index (χ3n) is 3.09. The number of benzene rings is 2. The van der Waals surface area contributed by atoms with Crippen molar-refractivity contribution in [3.8, 4) is 0 Å². The molecule has 0 aromatic heterocycles. The first kappa shape index (κ1) is 16.8. The molecule has 0 saturated carbocycles. The largest absolute Gasteiger partial charge is 0.355 e. The van der Waals surface area contributed by atoms with Crippen LogP contribution in [0.5, 0.6) is 0 Å². The summed E-state index contributed by atoms with van der Waals surface area (Å²) in [5.74, 6) is 0.129. The van der Waals surface area contributed by atoms with Gasteiger partial charge in [-0.25, -0.2) is 8.42 Å². The maximum Gasteiger partial charge on any atom is 0.232 e.